The molecule has 0 radical (unpaired) electrons. The van der Waals surface area contributed by atoms with Crippen LogP contribution in [-0.2, 0) is 9.53 Å². The standard InChI is InChI=1S/C9H13OP.C6H13NO2/c1-8(2)11-10-9-6-4-3-5-7-9;1-4(2)9-6(8)5(3)7/h3-8,11H,1-2H3;4-5H,7H2,1-3H3/t;5-/m.1/s1. The molecule has 4 nitrogen and oxygen atoms in total. The number of rotatable bonds is 5. The Kier molecular flexibility index (Phi) is 10.0. The van der Waals surface area contributed by atoms with E-state index in [4.69, 9.17) is 15.0 Å². The lowest BCUT2D eigenvalue weighted by Gasteiger charge is -2.08. The van der Waals surface area contributed by atoms with Crippen LogP contribution in [0.5, 0.6) is 5.75 Å². The van der Waals surface area contributed by atoms with Crippen LogP contribution in [0.4, 0.5) is 0 Å². The molecule has 0 aliphatic carbocycles. The third kappa shape index (κ3) is 10.8. The Morgan fingerprint density at radius 2 is 1.65 bits per heavy atom. The highest BCUT2D eigenvalue weighted by Crippen LogP contribution is 2.23. The second kappa shape index (κ2) is 10.6. The van der Waals surface area contributed by atoms with Crippen LogP contribution in [0.2, 0.25) is 0 Å². The smallest absolute Gasteiger partial charge is 0.322 e. The average molecular weight is 299 g/mol. The van der Waals surface area contributed by atoms with E-state index in [0.717, 1.165) is 5.75 Å². The summed E-state index contributed by atoms with van der Waals surface area (Å²) in [4.78, 5) is 10.6. The summed E-state index contributed by atoms with van der Waals surface area (Å²) in [6.07, 6.45) is -0.0662. The quantitative estimate of drug-likeness (QED) is 0.669. The number of hydrogen-bond acceptors (Lipinski definition) is 4. The molecule has 0 aliphatic rings. The molecule has 20 heavy (non-hydrogen) atoms. The minimum absolute atomic E-state index is 0.0662. The predicted molar refractivity (Wildman–Crippen MR) is 85.4 cm³/mol. The van der Waals surface area contributed by atoms with Crippen LogP contribution in [0, 0.1) is 0 Å². The number of ether oxygens (including phenoxy) is 1. The van der Waals surface area contributed by atoms with E-state index in [2.05, 4.69) is 13.8 Å². The zero-order chi connectivity index (χ0) is 15.5. The van der Waals surface area contributed by atoms with E-state index in [1.807, 2.05) is 30.3 Å². The Labute approximate surface area is 123 Å². The Balaban J connectivity index is 0.000000370. The average Bonchev–Trinajstić information content (AvgIpc) is 2.37. The van der Waals surface area contributed by atoms with Gasteiger partial charge in [0.05, 0.1) is 14.9 Å². The first-order chi connectivity index (χ1) is 9.32. The van der Waals surface area contributed by atoms with Gasteiger partial charge < -0.3 is 15.0 Å². The molecule has 0 spiro atoms. The Morgan fingerprint density at radius 3 is 2.00 bits per heavy atom. The van der Waals surface area contributed by atoms with Gasteiger partial charge in [-0.1, -0.05) is 32.0 Å². The van der Waals surface area contributed by atoms with Gasteiger partial charge in [-0.2, -0.15) is 0 Å². The molecule has 1 aromatic carbocycles. The summed E-state index contributed by atoms with van der Waals surface area (Å²) in [7, 11) is 0.566. The van der Waals surface area contributed by atoms with Crippen molar-refractivity contribution in [3.63, 3.8) is 0 Å². The summed E-state index contributed by atoms with van der Waals surface area (Å²) in [5.41, 5.74) is 5.83. The molecule has 0 bridgehead atoms. The van der Waals surface area contributed by atoms with Crippen molar-refractivity contribution in [2.75, 3.05) is 0 Å². The molecule has 1 aromatic rings. The molecule has 1 unspecified atom stereocenters. The SMILES string of the molecule is CC(C)OC(=O)[C@@H](C)N.CC(C)POc1ccccc1. The second-order valence-electron chi connectivity index (χ2n) is 4.96. The maximum atomic E-state index is 10.6. The molecule has 0 fully saturated rings. The maximum absolute atomic E-state index is 10.6. The molecule has 0 aromatic heterocycles. The highest BCUT2D eigenvalue weighted by molar-refractivity contribution is 7.33. The third-order valence-corrected chi connectivity index (χ3v) is 2.70. The Morgan fingerprint density at radius 1 is 1.10 bits per heavy atom. The fourth-order valence-electron chi connectivity index (χ4n) is 1.01. The summed E-state index contributed by atoms with van der Waals surface area (Å²) in [5.74, 6) is 0.629. The zero-order valence-corrected chi connectivity index (χ0v) is 13.9. The van der Waals surface area contributed by atoms with Crippen molar-refractivity contribution in [1.82, 2.24) is 0 Å². The van der Waals surface area contributed by atoms with Gasteiger partial charge in [0.1, 0.15) is 11.8 Å². The van der Waals surface area contributed by atoms with Crippen LogP contribution >= 0.6 is 8.81 Å². The van der Waals surface area contributed by atoms with Gasteiger partial charge in [-0.15, -0.1) is 0 Å². The molecule has 5 heteroatoms. The van der Waals surface area contributed by atoms with Crippen molar-refractivity contribution in [2.24, 2.45) is 5.73 Å². The summed E-state index contributed by atoms with van der Waals surface area (Å²) < 4.78 is 10.2. The molecule has 1 rings (SSSR count). The van der Waals surface area contributed by atoms with E-state index < -0.39 is 6.04 Å². The van der Waals surface area contributed by atoms with Gasteiger partial charge in [-0.25, -0.2) is 0 Å². The molecule has 0 saturated heterocycles. The van der Waals surface area contributed by atoms with Crippen molar-refractivity contribution in [1.29, 1.82) is 0 Å². The van der Waals surface area contributed by atoms with Crippen LogP contribution in [0.25, 0.3) is 0 Å². The van der Waals surface area contributed by atoms with Gasteiger partial charge in [-0.05, 0) is 32.9 Å². The normalized spacial score (nSPS) is 12.2. The number of carbonyl (C=O) groups is 1. The molecular weight excluding hydrogens is 273 g/mol. The monoisotopic (exact) mass is 299 g/mol. The lowest BCUT2D eigenvalue weighted by Crippen LogP contribution is -2.30. The predicted octanol–water partition coefficient (Wildman–Crippen LogP) is 3.35. The minimum atomic E-state index is -0.507. The van der Waals surface area contributed by atoms with E-state index in [1.165, 1.54) is 0 Å². The minimum Gasteiger partial charge on any atom is -0.477 e. The van der Waals surface area contributed by atoms with Gasteiger partial charge in [0, 0.05) is 5.66 Å². The highest BCUT2D eigenvalue weighted by Gasteiger charge is 2.09. The molecule has 2 N–H and O–H groups in total. The number of nitrogens with two attached hydrogens (primary N) is 1. The lowest BCUT2D eigenvalue weighted by molar-refractivity contribution is -0.148. The van der Waals surface area contributed by atoms with Crippen LogP contribution in [0.15, 0.2) is 30.3 Å². The van der Waals surface area contributed by atoms with E-state index in [9.17, 15) is 4.79 Å². The van der Waals surface area contributed by atoms with Crippen molar-refractivity contribution in [3.8, 4) is 5.75 Å². The highest BCUT2D eigenvalue weighted by atomic mass is 31.1. The number of hydrogen-bond donors (Lipinski definition) is 1. The van der Waals surface area contributed by atoms with Gasteiger partial charge in [0.15, 0.2) is 0 Å². The maximum Gasteiger partial charge on any atom is 0.322 e. The van der Waals surface area contributed by atoms with Gasteiger partial charge in [0.2, 0.25) is 0 Å². The largest absolute Gasteiger partial charge is 0.477 e. The lowest BCUT2D eigenvalue weighted by atomic mass is 10.3. The first-order valence-corrected chi connectivity index (χ1v) is 7.75. The molecule has 0 saturated carbocycles. The van der Waals surface area contributed by atoms with Crippen LogP contribution in [-0.4, -0.2) is 23.8 Å². The topological polar surface area (TPSA) is 61.5 Å². The fraction of sp³-hybridized carbons (Fsp3) is 0.533. The van der Waals surface area contributed by atoms with Crippen molar-refractivity contribution < 1.29 is 14.1 Å². The Hall–Kier alpha value is -1.12. The van der Waals surface area contributed by atoms with Gasteiger partial charge in [0.25, 0.3) is 0 Å². The summed E-state index contributed by atoms with van der Waals surface area (Å²) in [6, 6.07) is 9.42. The fourth-order valence-corrected chi connectivity index (χ4v) is 1.52. The first-order valence-electron chi connectivity index (χ1n) is 6.76. The summed E-state index contributed by atoms with van der Waals surface area (Å²) in [6.45, 7) is 9.49. The molecule has 0 amide bonds. The van der Waals surface area contributed by atoms with Gasteiger partial charge >= 0.3 is 5.97 Å². The number of para-hydroxylation sites is 1. The van der Waals surface area contributed by atoms with Crippen molar-refractivity contribution in [3.05, 3.63) is 30.3 Å². The van der Waals surface area contributed by atoms with Gasteiger partial charge in [-0.3, -0.25) is 4.79 Å². The summed E-state index contributed by atoms with van der Waals surface area (Å²) >= 11 is 0. The number of benzene rings is 1. The summed E-state index contributed by atoms with van der Waals surface area (Å²) in [5, 5.41) is 0. The van der Waals surface area contributed by atoms with E-state index in [0.29, 0.717) is 14.5 Å². The number of esters is 1. The Bertz CT molecular complexity index is 367. The second-order valence-corrected chi connectivity index (χ2v) is 6.56. The molecule has 2 atom stereocenters. The first kappa shape index (κ1) is 18.9. The van der Waals surface area contributed by atoms with Crippen LogP contribution in [0.1, 0.15) is 34.6 Å². The third-order valence-electron chi connectivity index (χ3n) is 1.88. The van der Waals surface area contributed by atoms with Crippen molar-refractivity contribution in [2.45, 2.75) is 52.4 Å². The van der Waals surface area contributed by atoms with E-state index in [-0.39, 0.29) is 12.1 Å². The molecule has 0 aliphatic heterocycles. The molecule has 0 heterocycles. The van der Waals surface area contributed by atoms with Crippen LogP contribution < -0.4 is 10.3 Å². The van der Waals surface area contributed by atoms with E-state index in [1.54, 1.807) is 20.8 Å². The van der Waals surface area contributed by atoms with Crippen molar-refractivity contribution >= 4 is 14.8 Å². The van der Waals surface area contributed by atoms with E-state index >= 15 is 0 Å². The zero-order valence-electron chi connectivity index (χ0n) is 12.9. The molecular formula is C15H26NO3P. The van der Waals surface area contributed by atoms with Crippen LogP contribution in [0.3, 0.4) is 0 Å². The number of carbonyl (C=O) groups excluding carboxylic acids is 1. The molecule has 114 valence electrons.